The van der Waals surface area contributed by atoms with Crippen LogP contribution in [0.15, 0.2) is 0 Å². The Balaban J connectivity index is 2.56. The number of aliphatic hydroxyl groups excluding tert-OH is 3. The first kappa shape index (κ1) is 14.9. The molecular formula is C13H27NO3. The van der Waals surface area contributed by atoms with Gasteiger partial charge in [-0.05, 0) is 19.3 Å². The zero-order chi connectivity index (χ0) is 12.8. The van der Waals surface area contributed by atoms with Crippen molar-refractivity contribution < 1.29 is 15.3 Å². The maximum atomic E-state index is 9.59. The molecular weight excluding hydrogens is 218 g/mol. The van der Waals surface area contributed by atoms with E-state index in [0.29, 0.717) is 13.0 Å². The fraction of sp³-hybridized carbons (Fsp3) is 1.00. The van der Waals surface area contributed by atoms with Crippen LogP contribution in [0.5, 0.6) is 0 Å². The summed E-state index contributed by atoms with van der Waals surface area (Å²) in [5.74, 6) is 0. The van der Waals surface area contributed by atoms with Gasteiger partial charge in [-0.15, -0.1) is 0 Å². The molecule has 0 aromatic rings. The van der Waals surface area contributed by atoms with Gasteiger partial charge >= 0.3 is 0 Å². The van der Waals surface area contributed by atoms with Crippen LogP contribution in [0.25, 0.3) is 0 Å². The van der Waals surface area contributed by atoms with Crippen LogP contribution < -0.4 is 5.32 Å². The van der Waals surface area contributed by atoms with Gasteiger partial charge in [0, 0.05) is 18.6 Å². The molecule has 4 nitrogen and oxygen atoms in total. The van der Waals surface area contributed by atoms with Gasteiger partial charge in [-0.25, -0.2) is 0 Å². The van der Waals surface area contributed by atoms with E-state index in [9.17, 15) is 15.3 Å². The van der Waals surface area contributed by atoms with E-state index < -0.39 is 5.54 Å². The summed E-state index contributed by atoms with van der Waals surface area (Å²) in [7, 11) is 0. The SMILES string of the molecule is CCC(CO)(CO)NCC1(CO)CCCCC1. The van der Waals surface area contributed by atoms with Gasteiger partial charge in [0.25, 0.3) is 0 Å². The minimum absolute atomic E-state index is 0.0526. The van der Waals surface area contributed by atoms with E-state index >= 15 is 0 Å². The Kier molecular flexibility index (Phi) is 5.86. The van der Waals surface area contributed by atoms with E-state index in [2.05, 4.69) is 5.32 Å². The van der Waals surface area contributed by atoms with Crippen LogP contribution in [0.1, 0.15) is 45.4 Å². The molecule has 4 N–H and O–H groups in total. The molecule has 0 aliphatic heterocycles. The Morgan fingerprint density at radius 1 is 1.06 bits per heavy atom. The van der Waals surface area contributed by atoms with E-state index in [1.807, 2.05) is 6.92 Å². The average molecular weight is 245 g/mol. The fourth-order valence-corrected chi connectivity index (χ4v) is 2.58. The van der Waals surface area contributed by atoms with Crippen molar-refractivity contribution in [3.8, 4) is 0 Å². The van der Waals surface area contributed by atoms with Gasteiger partial charge in [-0.2, -0.15) is 0 Å². The van der Waals surface area contributed by atoms with Crippen molar-refractivity contribution in [2.45, 2.75) is 51.0 Å². The number of hydrogen-bond donors (Lipinski definition) is 4. The number of nitrogens with one attached hydrogen (secondary N) is 1. The second kappa shape index (κ2) is 6.69. The monoisotopic (exact) mass is 245 g/mol. The van der Waals surface area contributed by atoms with Gasteiger partial charge in [0.2, 0.25) is 0 Å². The molecule has 102 valence electrons. The zero-order valence-corrected chi connectivity index (χ0v) is 10.9. The standard InChI is InChI=1S/C13H27NO3/c1-2-13(10-16,11-17)14-8-12(9-15)6-4-3-5-7-12/h14-17H,2-11H2,1H3. The summed E-state index contributed by atoms with van der Waals surface area (Å²) in [6.45, 7) is 2.68. The fourth-order valence-electron chi connectivity index (χ4n) is 2.58. The predicted octanol–water partition coefficient (Wildman–Crippen LogP) is 0.652. The lowest BCUT2D eigenvalue weighted by Crippen LogP contribution is -2.55. The van der Waals surface area contributed by atoms with E-state index in [0.717, 1.165) is 12.8 Å². The van der Waals surface area contributed by atoms with Gasteiger partial charge in [-0.3, -0.25) is 0 Å². The molecule has 0 radical (unpaired) electrons. The van der Waals surface area contributed by atoms with Crippen molar-refractivity contribution in [2.75, 3.05) is 26.4 Å². The maximum Gasteiger partial charge on any atom is 0.0645 e. The third-order valence-electron chi connectivity index (χ3n) is 4.37. The summed E-state index contributed by atoms with van der Waals surface area (Å²) in [4.78, 5) is 0. The molecule has 1 rings (SSSR count). The second-order valence-corrected chi connectivity index (χ2v) is 5.52. The molecule has 17 heavy (non-hydrogen) atoms. The minimum atomic E-state index is -0.598. The predicted molar refractivity (Wildman–Crippen MR) is 67.8 cm³/mol. The molecule has 1 aliphatic carbocycles. The first-order valence-electron chi connectivity index (χ1n) is 6.73. The largest absolute Gasteiger partial charge is 0.396 e. The molecule has 1 saturated carbocycles. The summed E-state index contributed by atoms with van der Waals surface area (Å²) >= 11 is 0. The van der Waals surface area contributed by atoms with Gasteiger partial charge in [-0.1, -0.05) is 26.2 Å². The lowest BCUT2D eigenvalue weighted by molar-refractivity contribution is 0.0407. The van der Waals surface area contributed by atoms with E-state index in [1.165, 1.54) is 19.3 Å². The van der Waals surface area contributed by atoms with Crippen molar-refractivity contribution in [1.82, 2.24) is 5.32 Å². The summed E-state index contributed by atoms with van der Waals surface area (Å²) in [5, 5.41) is 31.6. The highest BCUT2D eigenvalue weighted by Crippen LogP contribution is 2.35. The molecule has 0 atom stereocenters. The summed E-state index contributed by atoms with van der Waals surface area (Å²) in [6.07, 6.45) is 6.34. The summed E-state index contributed by atoms with van der Waals surface area (Å²) < 4.78 is 0. The van der Waals surface area contributed by atoms with Gasteiger partial charge in [0.05, 0.1) is 18.8 Å². The Hall–Kier alpha value is -0.160. The van der Waals surface area contributed by atoms with Crippen molar-refractivity contribution in [1.29, 1.82) is 0 Å². The molecule has 0 bridgehead atoms. The van der Waals surface area contributed by atoms with Crippen LogP contribution in [0.2, 0.25) is 0 Å². The smallest absolute Gasteiger partial charge is 0.0645 e. The Morgan fingerprint density at radius 2 is 1.65 bits per heavy atom. The maximum absolute atomic E-state index is 9.59. The first-order valence-corrected chi connectivity index (χ1v) is 6.73. The third kappa shape index (κ3) is 3.65. The lowest BCUT2D eigenvalue weighted by Gasteiger charge is -2.40. The molecule has 0 amide bonds. The Morgan fingerprint density at radius 3 is 2.06 bits per heavy atom. The van der Waals surface area contributed by atoms with E-state index in [4.69, 9.17) is 0 Å². The lowest BCUT2D eigenvalue weighted by atomic mass is 9.74. The molecule has 0 heterocycles. The molecule has 0 saturated heterocycles. The highest BCUT2D eigenvalue weighted by Gasteiger charge is 2.35. The topological polar surface area (TPSA) is 72.7 Å². The first-order chi connectivity index (χ1) is 8.16. The second-order valence-electron chi connectivity index (χ2n) is 5.52. The molecule has 0 aromatic carbocycles. The quantitative estimate of drug-likeness (QED) is 0.531. The highest BCUT2D eigenvalue weighted by atomic mass is 16.3. The van der Waals surface area contributed by atoms with Crippen molar-refractivity contribution in [3.63, 3.8) is 0 Å². The molecule has 0 spiro atoms. The molecule has 1 aliphatic rings. The Labute approximate surface area is 104 Å². The van der Waals surface area contributed by atoms with Gasteiger partial charge in [0.15, 0.2) is 0 Å². The molecule has 0 unspecified atom stereocenters. The van der Waals surface area contributed by atoms with Crippen LogP contribution >= 0.6 is 0 Å². The number of aliphatic hydroxyl groups is 3. The molecule has 4 heteroatoms. The highest BCUT2D eigenvalue weighted by molar-refractivity contribution is 4.91. The average Bonchev–Trinajstić information content (AvgIpc) is 2.42. The van der Waals surface area contributed by atoms with E-state index in [-0.39, 0.29) is 25.2 Å². The van der Waals surface area contributed by atoms with E-state index in [1.54, 1.807) is 0 Å². The van der Waals surface area contributed by atoms with Crippen LogP contribution in [-0.4, -0.2) is 47.2 Å². The molecule has 0 aromatic heterocycles. The van der Waals surface area contributed by atoms with Crippen LogP contribution in [0.4, 0.5) is 0 Å². The van der Waals surface area contributed by atoms with Crippen LogP contribution in [0.3, 0.4) is 0 Å². The normalized spacial score (nSPS) is 20.5. The number of rotatable bonds is 7. The third-order valence-corrected chi connectivity index (χ3v) is 4.37. The molecule has 1 fully saturated rings. The summed E-state index contributed by atoms with van der Waals surface area (Å²) in [5.41, 5.74) is -0.650. The summed E-state index contributed by atoms with van der Waals surface area (Å²) in [6, 6.07) is 0. The van der Waals surface area contributed by atoms with Gasteiger partial charge in [0.1, 0.15) is 0 Å². The van der Waals surface area contributed by atoms with Crippen LogP contribution in [0, 0.1) is 5.41 Å². The zero-order valence-electron chi connectivity index (χ0n) is 10.9. The van der Waals surface area contributed by atoms with Crippen molar-refractivity contribution >= 4 is 0 Å². The van der Waals surface area contributed by atoms with Crippen LogP contribution in [-0.2, 0) is 0 Å². The van der Waals surface area contributed by atoms with Crippen molar-refractivity contribution in [2.24, 2.45) is 5.41 Å². The Bertz CT molecular complexity index is 202. The van der Waals surface area contributed by atoms with Gasteiger partial charge < -0.3 is 20.6 Å². The number of hydrogen-bond acceptors (Lipinski definition) is 4. The van der Waals surface area contributed by atoms with Crippen molar-refractivity contribution in [3.05, 3.63) is 0 Å². The minimum Gasteiger partial charge on any atom is -0.396 e.